The summed E-state index contributed by atoms with van der Waals surface area (Å²) < 4.78 is 5.49. The molecule has 1 aliphatic heterocycles. The zero-order valence-corrected chi connectivity index (χ0v) is 14.9. The molecule has 2 N–H and O–H groups in total. The minimum Gasteiger partial charge on any atom is -0.339 e. The summed E-state index contributed by atoms with van der Waals surface area (Å²) in [6.07, 6.45) is 3.08. The third kappa shape index (κ3) is 4.89. The van der Waals surface area contributed by atoms with Crippen LogP contribution < -0.4 is 5.73 Å². The zero-order chi connectivity index (χ0) is 15.2. The van der Waals surface area contributed by atoms with Gasteiger partial charge in [-0.25, -0.2) is 0 Å². The van der Waals surface area contributed by atoms with Crippen molar-refractivity contribution >= 4 is 23.5 Å². The molecule has 1 saturated heterocycles. The number of aromatic nitrogens is 2. The van der Waals surface area contributed by atoms with Crippen molar-refractivity contribution in [2.24, 2.45) is 17.6 Å². The number of thioether (sulfide) groups is 2. The summed E-state index contributed by atoms with van der Waals surface area (Å²) in [4.78, 5) is 4.66. The van der Waals surface area contributed by atoms with Gasteiger partial charge in [0.2, 0.25) is 5.89 Å². The lowest BCUT2D eigenvalue weighted by Crippen LogP contribution is -2.20. The average Bonchev–Trinajstić information content (AvgIpc) is 2.94. The molecule has 0 saturated carbocycles. The smallest absolute Gasteiger partial charge is 0.227 e. The summed E-state index contributed by atoms with van der Waals surface area (Å²) in [6.45, 7) is 7.37. The molecule has 2 rings (SSSR count). The van der Waals surface area contributed by atoms with Crippen LogP contribution in [0.3, 0.4) is 0 Å². The molecule has 6 heteroatoms. The SMILES string of the molecule is CCC1SCCSC1c1noc(C[C@@H](CN)CC(C)C)n1. The minimum atomic E-state index is 0.382. The van der Waals surface area contributed by atoms with Gasteiger partial charge in [-0.1, -0.05) is 25.9 Å². The van der Waals surface area contributed by atoms with Crippen LogP contribution in [0.25, 0.3) is 0 Å². The Hall–Kier alpha value is -0.200. The second-order valence-corrected chi connectivity index (χ2v) is 8.69. The van der Waals surface area contributed by atoms with Crippen molar-refractivity contribution in [1.29, 1.82) is 0 Å². The van der Waals surface area contributed by atoms with Crippen LogP contribution >= 0.6 is 23.5 Å². The Balaban J connectivity index is 1.99. The maximum absolute atomic E-state index is 5.86. The summed E-state index contributed by atoms with van der Waals surface area (Å²) >= 11 is 4.01. The highest BCUT2D eigenvalue weighted by Gasteiger charge is 2.30. The summed E-state index contributed by atoms with van der Waals surface area (Å²) in [6, 6.07) is 0. The zero-order valence-electron chi connectivity index (χ0n) is 13.2. The molecule has 1 fully saturated rings. The number of rotatable bonds is 7. The van der Waals surface area contributed by atoms with Crippen LogP contribution in [0.15, 0.2) is 4.52 Å². The van der Waals surface area contributed by atoms with E-state index in [1.807, 2.05) is 23.5 Å². The molecule has 2 heterocycles. The van der Waals surface area contributed by atoms with E-state index < -0.39 is 0 Å². The highest BCUT2D eigenvalue weighted by molar-refractivity contribution is 8.06. The van der Waals surface area contributed by atoms with E-state index in [9.17, 15) is 0 Å². The topological polar surface area (TPSA) is 64.9 Å². The molecule has 1 aliphatic rings. The van der Waals surface area contributed by atoms with Crippen molar-refractivity contribution in [2.45, 2.75) is 50.5 Å². The second kappa shape index (κ2) is 8.44. The van der Waals surface area contributed by atoms with Crippen LogP contribution in [0.4, 0.5) is 0 Å². The Morgan fingerprint density at radius 2 is 2.10 bits per heavy atom. The maximum Gasteiger partial charge on any atom is 0.227 e. The molecular formula is C15H27N3OS2. The van der Waals surface area contributed by atoms with E-state index in [0.29, 0.717) is 28.9 Å². The average molecular weight is 330 g/mol. The van der Waals surface area contributed by atoms with E-state index in [4.69, 9.17) is 10.3 Å². The number of hydrogen-bond acceptors (Lipinski definition) is 6. The van der Waals surface area contributed by atoms with Gasteiger partial charge in [0.15, 0.2) is 5.82 Å². The van der Waals surface area contributed by atoms with Gasteiger partial charge in [-0.3, -0.25) is 0 Å². The van der Waals surface area contributed by atoms with Crippen LogP contribution in [-0.2, 0) is 6.42 Å². The van der Waals surface area contributed by atoms with Crippen LogP contribution in [0.2, 0.25) is 0 Å². The number of nitrogens with zero attached hydrogens (tertiary/aromatic N) is 2. The minimum absolute atomic E-state index is 0.382. The summed E-state index contributed by atoms with van der Waals surface area (Å²) in [7, 11) is 0. The lowest BCUT2D eigenvalue weighted by Gasteiger charge is -2.27. The van der Waals surface area contributed by atoms with Crippen molar-refractivity contribution in [3.8, 4) is 0 Å². The third-order valence-corrected chi connectivity index (χ3v) is 7.03. The van der Waals surface area contributed by atoms with Crippen molar-refractivity contribution < 1.29 is 4.52 Å². The van der Waals surface area contributed by atoms with Gasteiger partial charge in [-0.15, -0.1) is 11.8 Å². The largest absolute Gasteiger partial charge is 0.339 e. The van der Waals surface area contributed by atoms with Crippen LogP contribution in [0, 0.1) is 11.8 Å². The van der Waals surface area contributed by atoms with Gasteiger partial charge >= 0.3 is 0 Å². The summed E-state index contributed by atoms with van der Waals surface area (Å²) in [5, 5.41) is 5.23. The van der Waals surface area contributed by atoms with Crippen molar-refractivity contribution in [1.82, 2.24) is 10.1 Å². The molecule has 120 valence electrons. The molecule has 0 aromatic carbocycles. The van der Waals surface area contributed by atoms with Gasteiger partial charge in [-0.2, -0.15) is 16.7 Å². The molecule has 0 spiro atoms. The molecule has 3 atom stereocenters. The molecule has 1 aromatic rings. The lowest BCUT2D eigenvalue weighted by molar-refractivity contribution is 0.329. The molecule has 4 nitrogen and oxygen atoms in total. The van der Waals surface area contributed by atoms with Crippen LogP contribution in [-0.4, -0.2) is 33.4 Å². The number of hydrogen-bond donors (Lipinski definition) is 1. The summed E-state index contributed by atoms with van der Waals surface area (Å²) in [5.74, 6) is 5.13. The van der Waals surface area contributed by atoms with E-state index in [2.05, 4.69) is 30.9 Å². The van der Waals surface area contributed by atoms with Gasteiger partial charge < -0.3 is 10.3 Å². The van der Waals surface area contributed by atoms with Gasteiger partial charge in [0.25, 0.3) is 0 Å². The van der Waals surface area contributed by atoms with E-state index >= 15 is 0 Å². The van der Waals surface area contributed by atoms with Crippen molar-refractivity contribution in [2.75, 3.05) is 18.1 Å². The lowest BCUT2D eigenvalue weighted by atomic mass is 9.94. The van der Waals surface area contributed by atoms with E-state index in [-0.39, 0.29) is 0 Å². The third-order valence-electron chi connectivity index (χ3n) is 3.79. The summed E-state index contributed by atoms with van der Waals surface area (Å²) in [5.41, 5.74) is 5.86. The Kier molecular flexibility index (Phi) is 6.89. The molecule has 0 amide bonds. The van der Waals surface area contributed by atoms with Crippen molar-refractivity contribution in [3.05, 3.63) is 11.7 Å². The van der Waals surface area contributed by atoms with Gasteiger partial charge in [0, 0.05) is 23.2 Å². The Bertz CT molecular complexity index is 425. The number of nitrogens with two attached hydrogens (primary N) is 1. The van der Waals surface area contributed by atoms with Gasteiger partial charge in [0.05, 0.1) is 5.25 Å². The highest BCUT2D eigenvalue weighted by Crippen LogP contribution is 2.42. The monoisotopic (exact) mass is 329 g/mol. The van der Waals surface area contributed by atoms with E-state index in [0.717, 1.165) is 31.0 Å². The first-order valence-electron chi connectivity index (χ1n) is 7.89. The van der Waals surface area contributed by atoms with Crippen LogP contribution in [0.5, 0.6) is 0 Å². The van der Waals surface area contributed by atoms with Crippen molar-refractivity contribution in [3.63, 3.8) is 0 Å². The fourth-order valence-corrected chi connectivity index (χ4v) is 5.77. The normalized spacial score (nSPS) is 24.4. The first-order valence-corrected chi connectivity index (χ1v) is 9.99. The molecule has 0 radical (unpaired) electrons. The first-order chi connectivity index (χ1) is 10.1. The Morgan fingerprint density at radius 1 is 1.33 bits per heavy atom. The Morgan fingerprint density at radius 3 is 2.76 bits per heavy atom. The fourth-order valence-electron chi connectivity index (χ4n) is 2.79. The molecule has 0 aliphatic carbocycles. The fraction of sp³-hybridized carbons (Fsp3) is 0.867. The van der Waals surface area contributed by atoms with Crippen LogP contribution in [0.1, 0.15) is 50.6 Å². The van der Waals surface area contributed by atoms with E-state index in [1.165, 1.54) is 11.5 Å². The molecule has 0 bridgehead atoms. The molecule has 21 heavy (non-hydrogen) atoms. The maximum atomic E-state index is 5.86. The predicted molar refractivity (Wildman–Crippen MR) is 91.7 cm³/mol. The highest BCUT2D eigenvalue weighted by atomic mass is 32.2. The van der Waals surface area contributed by atoms with Gasteiger partial charge in [0.1, 0.15) is 0 Å². The first kappa shape index (κ1) is 17.2. The Labute approximate surface area is 136 Å². The molecular weight excluding hydrogens is 302 g/mol. The predicted octanol–water partition coefficient (Wildman–Crippen LogP) is 3.53. The molecule has 2 unspecified atom stereocenters. The standard InChI is InChI=1S/C15H27N3OS2/c1-4-12-14(21-6-5-20-12)15-17-13(19-18-15)8-11(9-16)7-10(2)3/h10-12,14H,4-9,16H2,1-3H3/t11-,12?,14?/m0/s1. The van der Waals surface area contributed by atoms with Gasteiger partial charge in [-0.05, 0) is 31.2 Å². The second-order valence-electron chi connectivity index (χ2n) is 6.09. The van der Waals surface area contributed by atoms with E-state index in [1.54, 1.807) is 0 Å². The quantitative estimate of drug-likeness (QED) is 0.825. The molecule has 1 aromatic heterocycles.